The van der Waals surface area contributed by atoms with E-state index in [1.54, 1.807) is 0 Å². The normalized spacial score (nSPS) is 36.8. The van der Waals surface area contributed by atoms with E-state index in [1.165, 1.54) is 0 Å². The molecule has 1 saturated heterocycles. The van der Waals surface area contributed by atoms with E-state index >= 15 is 0 Å². The molecule has 6 atom stereocenters. The molecule has 1 heterocycles. The van der Waals surface area contributed by atoms with Gasteiger partial charge in [0.05, 0.1) is 6.61 Å². The number of phosphoric acid groups is 2. The first-order valence-corrected chi connectivity index (χ1v) is 13.8. The Hall–Kier alpha value is 1.41. The van der Waals surface area contributed by atoms with Crippen molar-refractivity contribution >= 4 is 56.6 Å². The van der Waals surface area contributed by atoms with Crippen LogP contribution in [0.1, 0.15) is 0 Å². The minimum absolute atomic E-state index is 0.626. The summed E-state index contributed by atoms with van der Waals surface area (Å²) in [5.41, 5.74) is 0. The Balaban J connectivity index is 2.73. The Morgan fingerprint density at radius 1 is 1.17 bits per heavy atom. The number of hydrogen-bond acceptors (Lipinski definition) is 11. The van der Waals surface area contributed by atoms with Gasteiger partial charge in [-0.15, -0.1) is 24.5 Å². The first-order chi connectivity index (χ1) is 10.6. The highest BCUT2D eigenvalue weighted by molar-refractivity contribution is 8.91. The largest absolute Gasteiger partial charge is 0.486 e. The highest BCUT2D eigenvalue weighted by Gasteiger charge is 2.50. The van der Waals surface area contributed by atoms with Crippen LogP contribution in [-0.4, -0.2) is 67.5 Å². The molecule has 144 valence electrons. The summed E-state index contributed by atoms with van der Waals surface area (Å²) in [5.74, 6) is -2.69. The average Bonchev–Trinajstić information content (AvgIpc) is 2.35. The Labute approximate surface area is 151 Å². The number of hydrogen-bond donors (Lipinski definition) is 8. The molecule has 1 rings (SSSR count). The predicted octanol–water partition coefficient (Wildman–Crippen LogP) is -0.877. The SMILES string of the molecule is O=P(O)(OC[C@@]1(O)OC[C@@H](O)[C@@H](O)[C@@H]1O)OP(=O)(O)OP(=S)(S)S. The molecule has 0 aromatic carbocycles. The number of aliphatic hydroxyl groups is 4. The number of aliphatic hydroxyl groups excluding tert-OH is 3. The summed E-state index contributed by atoms with van der Waals surface area (Å²) in [4.78, 5) is 18.6. The molecule has 12 nitrogen and oxygen atoms in total. The van der Waals surface area contributed by atoms with E-state index in [1.807, 2.05) is 0 Å². The molecule has 1 aliphatic heterocycles. The highest BCUT2D eigenvalue weighted by Crippen LogP contribution is 2.72. The number of rotatable bonds is 7. The van der Waals surface area contributed by atoms with E-state index in [2.05, 4.69) is 54.2 Å². The summed E-state index contributed by atoms with van der Waals surface area (Å²) >= 11 is 11.6. The maximum atomic E-state index is 11.6. The van der Waals surface area contributed by atoms with E-state index in [0.29, 0.717) is 0 Å². The molecule has 0 bridgehead atoms. The summed E-state index contributed by atoms with van der Waals surface area (Å²) in [6.07, 6.45) is -5.46. The first kappa shape index (κ1) is 23.4. The number of thiol groups is 2. The smallest absolute Gasteiger partial charge is 0.388 e. The molecule has 0 amide bonds. The standard InChI is InChI=1S/C6H15O12P3S3/c7-3-1-15-6(10,5(9)4(3)8)2-16-19(11,12)17-20(13,14)18-21(22,23)24/h3-5,7-10H,1-2H2,(H,11,12)(H,13,14)(H2,22,23,24)/t3-,4-,5+,6-/m1/s1. The van der Waals surface area contributed by atoms with E-state index in [4.69, 9.17) is 0 Å². The van der Waals surface area contributed by atoms with Crippen molar-refractivity contribution in [3.05, 3.63) is 0 Å². The molecule has 1 fully saturated rings. The second-order valence-corrected chi connectivity index (χ2v) is 16.4. The van der Waals surface area contributed by atoms with Crippen molar-refractivity contribution in [2.45, 2.75) is 24.1 Å². The molecule has 0 spiro atoms. The average molecular weight is 468 g/mol. The van der Waals surface area contributed by atoms with Gasteiger partial charge in [0.15, 0.2) is 4.67 Å². The lowest BCUT2D eigenvalue weighted by atomic mass is 9.98. The Kier molecular flexibility index (Phi) is 8.00. The van der Waals surface area contributed by atoms with E-state index in [-0.39, 0.29) is 0 Å². The zero-order chi connectivity index (χ0) is 19.0. The van der Waals surface area contributed by atoms with Crippen molar-refractivity contribution in [2.75, 3.05) is 13.2 Å². The summed E-state index contributed by atoms with van der Waals surface area (Å²) in [6, 6.07) is 0. The van der Waals surface area contributed by atoms with Gasteiger partial charge in [0, 0.05) is 0 Å². The maximum Gasteiger partial charge on any atom is 0.486 e. The zero-order valence-corrected chi connectivity index (χ0v) is 16.7. The fraction of sp³-hybridized carbons (Fsp3) is 1.00. The van der Waals surface area contributed by atoms with Gasteiger partial charge >= 0.3 is 15.6 Å². The van der Waals surface area contributed by atoms with Gasteiger partial charge in [-0.25, -0.2) is 13.4 Å². The molecule has 0 aliphatic carbocycles. The third-order valence-corrected chi connectivity index (χ3v) is 8.23. The van der Waals surface area contributed by atoms with Crippen molar-refractivity contribution in [1.82, 2.24) is 0 Å². The van der Waals surface area contributed by atoms with Crippen molar-refractivity contribution < 1.29 is 57.2 Å². The van der Waals surface area contributed by atoms with Gasteiger partial charge in [-0.05, 0) is 11.8 Å². The lowest BCUT2D eigenvalue weighted by molar-refractivity contribution is -0.329. The third kappa shape index (κ3) is 7.20. The van der Waals surface area contributed by atoms with E-state index in [0.717, 1.165) is 0 Å². The van der Waals surface area contributed by atoms with Crippen LogP contribution in [0.4, 0.5) is 0 Å². The molecular formula is C6H15O12P3S3. The topological polar surface area (TPSA) is 192 Å². The Morgan fingerprint density at radius 2 is 1.71 bits per heavy atom. The minimum Gasteiger partial charge on any atom is -0.388 e. The van der Waals surface area contributed by atoms with Crippen molar-refractivity contribution in [3.8, 4) is 0 Å². The fourth-order valence-corrected chi connectivity index (χ4v) is 6.96. The minimum atomic E-state index is -5.30. The van der Waals surface area contributed by atoms with Gasteiger partial charge in [0.1, 0.15) is 24.9 Å². The van der Waals surface area contributed by atoms with Crippen LogP contribution < -0.4 is 0 Å². The van der Waals surface area contributed by atoms with Crippen LogP contribution in [-0.2, 0) is 38.8 Å². The van der Waals surface area contributed by atoms with Crippen molar-refractivity contribution in [1.29, 1.82) is 0 Å². The lowest BCUT2D eigenvalue weighted by Gasteiger charge is -2.41. The van der Waals surface area contributed by atoms with Gasteiger partial charge in [-0.3, -0.25) is 4.52 Å². The molecule has 2 unspecified atom stereocenters. The van der Waals surface area contributed by atoms with Crippen molar-refractivity contribution in [3.63, 3.8) is 0 Å². The first-order valence-electron chi connectivity index (χ1n) is 5.76. The van der Waals surface area contributed by atoms with Crippen LogP contribution in [0.5, 0.6) is 0 Å². The number of ether oxygens (including phenoxy) is 1. The summed E-state index contributed by atoms with van der Waals surface area (Å²) < 4.78 is 36.8. The molecule has 24 heavy (non-hydrogen) atoms. The Bertz CT molecular complexity index is 597. The Morgan fingerprint density at radius 3 is 2.21 bits per heavy atom. The van der Waals surface area contributed by atoms with Gasteiger partial charge in [0.2, 0.25) is 5.79 Å². The molecule has 1 aliphatic rings. The van der Waals surface area contributed by atoms with Gasteiger partial charge in [0.25, 0.3) is 0 Å². The quantitative estimate of drug-likeness (QED) is 0.170. The summed E-state index contributed by atoms with van der Waals surface area (Å²) in [5, 5.41) is 38.2. The van der Waals surface area contributed by atoms with E-state index < -0.39 is 57.6 Å². The molecular weight excluding hydrogens is 453 g/mol. The van der Waals surface area contributed by atoms with Gasteiger partial charge < -0.3 is 34.9 Å². The molecule has 0 saturated carbocycles. The summed E-state index contributed by atoms with van der Waals surface area (Å²) in [6.45, 7) is -1.89. The molecule has 0 radical (unpaired) electrons. The lowest BCUT2D eigenvalue weighted by Crippen LogP contribution is -2.62. The van der Waals surface area contributed by atoms with Crippen LogP contribution in [0.25, 0.3) is 0 Å². The van der Waals surface area contributed by atoms with Gasteiger partial charge in [-0.1, -0.05) is 0 Å². The van der Waals surface area contributed by atoms with Crippen LogP contribution in [0, 0.1) is 0 Å². The van der Waals surface area contributed by atoms with Crippen LogP contribution in [0.15, 0.2) is 0 Å². The molecule has 18 heteroatoms. The fourth-order valence-electron chi connectivity index (χ4n) is 1.50. The highest BCUT2D eigenvalue weighted by atomic mass is 33.2. The second-order valence-electron chi connectivity index (χ2n) is 4.52. The third-order valence-electron chi connectivity index (χ3n) is 2.53. The maximum absolute atomic E-state index is 11.6. The van der Waals surface area contributed by atoms with Gasteiger partial charge in [-0.2, -0.15) is 4.31 Å². The summed E-state index contributed by atoms with van der Waals surface area (Å²) in [7, 11) is -10.5. The zero-order valence-electron chi connectivity index (χ0n) is 11.4. The van der Waals surface area contributed by atoms with Crippen LogP contribution >= 0.6 is 44.8 Å². The van der Waals surface area contributed by atoms with Crippen LogP contribution in [0.3, 0.4) is 0 Å². The predicted molar refractivity (Wildman–Crippen MR) is 89.0 cm³/mol. The monoisotopic (exact) mass is 468 g/mol. The molecule has 6 N–H and O–H groups in total. The van der Waals surface area contributed by atoms with Crippen LogP contribution in [0.2, 0.25) is 0 Å². The van der Waals surface area contributed by atoms with E-state index in [9.17, 15) is 39.3 Å². The second kappa shape index (κ2) is 8.19. The number of phosphoric ester groups is 1. The molecule has 0 aromatic heterocycles. The van der Waals surface area contributed by atoms with Crippen molar-refractivity contribution in [2.24, 2.45) is 0 Å². The molecule has 0 aromatic rings.